The fourth-order valence-corrected chi connectivity index (χ4v) is 4.48. The topological polar surface area (TPSA) is 105 Å². The number of ether oxygens (including phenoxy) is 3. The number of hydrogen-bond acceptors (Lipinski definition) is 8. The molecule has 0 radical (unpaired) electrons. The van der Waals surface area contributed by atoms with Crippen LogP contribution < -0.4 is 20.3 Å². The van der Waals surface area contributed by atoms with Gasteiger partial charge in [0.25, 0.3) is 11.9 Å². The van der Waals surface area contributed by atoms with Crippen LogP contribution in [0.25, 0.3) is 21.9 Å². The SMILES string of the molecule is COC(=O)c1ccc(C(c2c(OC)oc3ccccc3c2=O)c2c(OC)oc3ccccc3c2=O)cc1. The molecule has 0 atom stereocenters. The van der Waals surface area contributed by atoms with E-state index in [9.17, 15) is 14.4 Å². The summed E-state index contributed by atoms with van der Waals surface area (Å²) in [5.41, 5.74) is 0.914. The highest BCUT2D eigenvalue weighted by Gasteiger charge is 2.33. The highest BCUT2D eigenvalue weighted by molar-refractivity contribution is 5.89. The van der Waals surface area contributed by atoms with Gasteiger partial charge in [-0.05, 0) is 42.0 Å². The van der Waals surface area contributed by atoms with Crippen molar-refractivity contribution in [2.45, 2.75) is 5.92 Å². The molecule has 2 aromatic heterocycles. The molecule has 0 saturated heterocycles. The number of methoxy groups -OCH3 is 3. The molecule has 5 rings (SSSR count). The molecule has 0 aliphatic rings. The molecule has 0 aliphatic carbocycles. The van der Waals surface area contributed by atoms with Crippen molar-refractivity contribution in [2.24, 2.45) is 0 Å². The minimum atomic E-state index is -1.02. The molecule has 0 amide bonds. The molecule has 0 N–H and O–H groups in total. The molecule has 0 spiro atoms. The van der Waals surface area contributed by atoms with Gasteiger partial charge in [0.05, 0.1) is 54.7 Å². The second-order valence-corrected chi connectivity index (χ2v) is 8.21. The smallest absolute Gasteiger partial charge is 0.337 e. The van der Waals surface area contributed by atoms with Crippen molar-refractivity contribution >= 4 is 27.9 Å². The predicted molar refractivity (Wildman–Crippen MR) is 137 cm³/mol. The van der Waals surface area contributed by atoms with E-state index in [0.717, 1.165) is 0 Å². The Balaban J connectivity index is 1.89. The molecule has 3 aromatic carbocycles. The van der Waals surface area contributed by atoms with Gasteiger partial charge in [-0.15, -0.1) is 0 Å². The van der Waals surface area contributed by atoms with Crippen LogP contribution in [0.15, 0.2) is 91.2 Å². The van der Waals surface area contributed by atoms with Crippen molar-refractivity contribution in [3.8, 4) is 11.9 Å². The first-order valence-corrected chi connectivity index (χ1v) is 11.4. The molecule has 0 unspecified atom stereocenters. The Morgan fingerprint density at radius 3 is 1.57 bits per heavy atom. The molecule has 8 heteroatoms. The first-order valence-electron chi connectivity index (χ1n) is 11.4. The fourth-order valence-electron chi connectivity index (χ4n) is 4.48. The summed E-state index contributed by atoms with van der Waals surface area (Å²) in [5.74, 6) is -1.65. The van der Waals surface area contributed by atoms with Gasteiger partial charge in [0, 0.05) is 0 Å². The Bertz CT molecular complexity index is 1640. The second-order valence-electron chi connectivity index (χ2n) is 8.21. The van der Waals surface area contributed by atoms with Crippen molar-refractivity contribution < 1.29 is 27.8 Å². The van der Waals surface area contributed by atoms with Crippen LogP contribution in [0.3, 0.4) is 0 Å². The maximum Gasteiger partial charge on any atom is 0.337 e. The van der Waals surface area contributed by atoms with Crippen LogP contribution >= 0.6 is 0 Å². The third-order valence-corrected chi connectivity index (χ3v) is 6.21. The summed E-state index contributed by atoms with van der Waals surface area (Å²) in [6.07, 6.45) is 0. The summed E-state index contributed by atoms with van der Waals surface area (Å²) >= 11 is 0. The van der Waals surface area contributed by atoms with Crippen LogP contribution in [0.4, 0.5) is 0 Å². The van der Waals surface area contributed by atoms with Gasteiger partial charge in [0.1, 0.15) is 11.2 Å². The quantitative estimate of drug-likeness (QED) is 0.305. The Morgan fingerprint density at radius 2 is 1.14 bits per heavy atom. The van der Waals surface area contributed by atoms with Gasteiger partial charge in [-0.1, -0.05) is 36.4 Å². The van der Waals surface area contributed by atoms with E-state index < -0.39 is 11.9 Å². The van der Waals surface area contributed by atoms with Crippen molar-refractivity contribution in [3.63, 3.8) is 0 Å². The van der Waals surface area contributed by atoms with E-state index in [1.54, 1.807) is 72.8 Å². The van der Waals surface area contributed by atoms with Crippen LogP contribution in [0.2, 0.25) is 0 Å². The largest absolute Gasteiger partial charge is 0.468 e. The third-order valence-electron chi connectivity index (χ3n) is 6.21. The summed E-state index contributed by atoms with van der Waals surface area (Å²) in [4.78, 5) is 39.9. The van der Waals surface area contributed by atoms with Gasteiger partial charge in [-0.2, -0.15) is 0 Å². The molecule has 186 valence electrons. The Hall–Kier alpha value is -4.85. The van der Waals surface area contributed by atoms with Gasteiger partial charge in [0.15, 0.2) is 0 Å². The van der Waals surface area contributed by atoms with E-state index in [0.29, 0.717) is 33.1 Å². The standard InChI is InChI=1S/C29H22O8/c1-33-27(32)17-14-12-16(13-15-17)22(23-25(30)18-8-4-6-10-20(18)36-28(23)34-2)24-26(31)19-9-5-7-11-21(19)37-29(24)35-3/h4-15,22H,1-3H3. The molecule has 0 bridgehead atoms. The Morgan fingerprint density at radius 1 is 0.676 bits per heavy atom. The molecule has 5 aromatic rings. The van der Waals surface area contributed by atoms with Crippen LogP contribution in [0.1, 0.15) is 33.0 Å². The average molecular weight is 498 g/mol. The summed E-state index contributed by atoms with van der Waals surface area (Å²) in [7, 11) is 4.05. The zero-order valence-electron chi connectivity index (χ0n) is 20.3. The molecule has 8 nitrogen and oxygen atoms in total. The third kappa shape index (κ3) is 4.02. The summed E-state index contributed by atoms with van der Waals surface area (Å²) in [6, 6.07) is 19.9. The summed E-state index contributed by atoms with van der Waals surface area (Å²) < 4.78 is 27.8. The number of fused-ring (bicyclic) bond motifs is 2. The maximum absolute atomic E-state index is 13.9. The Kier molecular flexibility index (Phi) is 6.23. The number of esters is 1. The Labute approximate surface area is 210 Å². The first kappa shape index (κ1) is 23.9. The van der Waals surface area contributed by atoms with E-state index in [4.69, 9.17) is 23.0 Å². The minimum absolute atomic E-state index is 0.0552. The second kappa shape index (κ2) is 9.66. The molecule has 0 aliphatic heterocycles. The lowest BCUT2D eigenvalue weighted by atomic mass is 9.84. The van der Waals surface area contributed by atoms with E-state index in [2.05, 4.69) is 0 Å². The predicted octanol–water partition coefficient (Wildman–Crippen LogP) is 4.88. The molecule has 0 fully saturated rings. The molecular weight excluding hydrogens is 476 g/mol. The van der Waals surface area contributed by atoms with E-state index in [-0.39, 0.29) is 33.9 Å². The van der Waals surface area contributed by atoms with Gasteiger partial charge < -0.3 is 23.0 Å². The van der Waals surface area contributed by atoms with Crippen LogP contribution in [0, 0.1) is 0 Å². The molecule has 2 heterocycles. The number of benzene rings is 3. The monoisotopic (exact) mass is 498 g/mol. The zero-order chi connectivity index (χ0) is 26.1. The number of carbonyl (C=O) groups excluding carboxylic acids is 1. The summed E-state index contributed by atoms with van der Waals surface area (Å²) in [5, 5.41) is 0.636. The van der Waals surface area contributed by atoms with Gasteiger partial charge in [0.2, 0.25) is 10.9 Å². The number of carbonyl (C=O) groups is 1. The molecule has 0 saturated carbocycles. The van der Waals surface area contributed by atoms with Crippen molar-refractivity contribution in [1.82, 2.24) is 0 Å². The van der Waals surface area contributed by atoms with E-state index in [1.165, 1.54) is 21.3 Å². The fraction of sp³-hybridized carbons (Fsp3) is 0.138. The molecular formula is C29H22O8. The van der Waals surface area contributed by atoms with Crippen molar-refractivity contribution in [3.05, 3.63) is 115 Å². The lowest BCUT2D eigenvalue weighted by Crippen LogP contribution is -2.23. The van der Waals surface area contributed by atoms with E-state index in [1.807, 2.05) is 0 Å². The number of hydrogen-bond donors (Lipinski definition) is 0. The van der Waals surface area contributed by atoms with E-state index >= 15 is 0 Å². The highest BCUT2D eigenvalue weighted by Crippen LogP contribution is 2.40. The number of para-hydroxylation sites is 2. The van der Waals surface area contributed by atoms with Crippen LogP contribution in [0.5, 0.6) is 11.9 Å². The van der Waals surface area contributed by atoms with Crippen LogP contribution in [-0.4, -0.2) is 27.3 Å². The lowest BCUT2D eigenvalue weighted by molar-refractivity contribution is 0.0600. The lowest BCUT2D eigenvalue weighted by Gasteiger charge is -2.21. The maximum atomic E-state index is 13.9. The highest BCUT2D eigenvalue weighted by atomic mass is 16.6. The normalized spacial score (nSPS) is 11.1. The van der Waals surface area contributed by atoms with Crippen molar-refractivity contribution in [2.75, 3.05) is 21.3 Å². The minimum Gasteiger partial charge on any atom is -0.468 e. The molecule has 37 heavy (non-hydrogen) atoms. The van der Waals surface area contributed by atoms with Crippen LogP contribution in [-0.2, 0) is 4.74 Å². The summed E-state index contributed by atoms with van der Waals surface area (Å²) in [6.45, 7) is 0. The van der Waals surface area contributed by atoms with Gasteiger partial charge in [-0.3, -0.25) is 9.59 Å². The number of rotatable bonds is 6. The first-order chi connectivity index (χ1) is 18.0. The van der Waals surface area contributed by atoms with Crippen molar-refractivity contribution in [1.29, 1.82) is 0 Å². The average Bonchev–Trinajstić information content (AvgIpc) is 2.94. The van der Waals surface area contributed by atoms with Gasteiger partial charge in [-0.25, -0.2) is 4.79 Å². The zero-order valence-corrected chi connectivity index (χ0v) is 20.3. The van der Waals surface area contributed by atoms with Gasteiger partial charge >= 0.3 is 5.97 Å².